The Morgan fingerprint density at radius 1 is 1.00 bits per heavy atom. The Morgan fingerprint density at radius 2 is 1.76 bits per heavy atom. The minimum absolute atomic E-state index is 0.138. The first kappa shape index (κ1) is 21.6. The summed E-state index contributed by atoms with van der Waals surface area (Å²) in [6.45, 7) is 4.07. The fourth-order valence-electron chi connectivity index (χ4n) is 4.76. The van der Waals surface area contributed by atoms with E-state index in [1.165, 1.54) is 0 Å². The Morgan fingerprint density at radius 3 is 2.41 bits per heavy atom. The highest BCUT2D eigenvalue weighted by molar-refractivity contribution is 6.04. The molecule has 0 N–H and O–H groups in total. The largest absolute Gasteiger partial charge is 0.333 e. The fraction of sp³-hybridized carbons (Fsp3) is 0.214. The zero-order valence-electron chi connectivity index (χ0n) is 19.5. The number of hydrogen-bond acceptors (Lipinski definition) is 4. The van der Waals surface area contributed by atoms with Gasteiger partial charge >= 0.3 is 5.69 Å². The summed E-state index contributed by atoms with van der Waals surface area (Å²) >= 11 is 0. The highest BCUT2D eigenvalue weighted by atomic mass is 16.1. The zero-order valence-corrected chi connectivity index (χ0v) is 19.5. The third-order valence-corrected chi connectivity index (χ3v) is 6.98. The Hall–Kier alpha value is -4.24. The van der Waals surface area contributed by atoms with Gasteiger partial charge in [0.1, 0.15) is 0 Å². The van der Waals surface area contributed by atoms with Crippen molar-refractivity contribution in [2.75, 3.05) is 0 Å². The van der Waals surface area contributed by atoms with Crippen LogP contribution in [-0.2, 0) is 12.5 Å². The molecule has 0 radical (unpaired) electrons. The van der Waals surface area contributed by atoms with E-state index < -0.39 is 5.41 Å². The lowest BCUT2D eigenvalue weighted by Crippen LogP contribution is -2.23. The van der Waals surface area contributed by atoms with Gasteiger partial charge < -0.3 is 0 Å². The number of rotatable bonds is 5. The molecule has 3 aromatic heterocycles. The zero-order chi connectivity index (χ0) is 23.9. The van der Waals surface area contributed by atoms with Crippen LogP contribution in [0.5, 0.6) is 0 Å². The van der Waals surface area contributed by atoms with Crippen molar-refractivity contribution >= 4 is 21.9 Å². The summed E-state index contributed by atoms with van der Waals surface area (Å²) in [5.74, 6) is 0. The normalized spacial score (nSPS) is 11.7. The third-order valence-electron chi connectivity index (χ3n) is 6.98. The fourth-order valence-corrected chi connectivity index (χ4v) is 4.76. The summed E-state index contributed by atoms with van der Waals surface area (Å²) < 4.78 is 3.37. The van der Waals surface area contributed by atoms with Crippen LogP contribution in [0.4, 0.5) is 0 Å². The summed E-state index contributed by atoms with van der Waals surface area (Å²) in [7, 11) is 1.77. The summed E-state index contributed by atoms with van der Waals surface area (Å²) in [6, 6.07) is 20.3. The van der Waals surface area contributed by atoms with Gasteiger partial charge in [-0.3, -0.25) is 19.1 Å². The molecule has 0 aliphatic carbocycles. The number of fused-ring (bicyclic) bond motifs is 3. The predicted octanol–water partition coefficient (Wildman–Crippen LogP) is 5.52. The molecule has 0 fully saturated rings. The molecule has 0 aliphatic rings. The molecule has 5 rings (SSSR count). The van der Waals surface area contributed by atoms with Crippen molar-refractivity contribution in [3.05, 3.63) is 89.2 Å². The molecule has 2 aromatic carbocycles. The molecule has 0 saturated carbocycles. The summed E-state index contributed by atoms with van der Waals surface area (Å²) in [6.07, 6.45) is 6.81. The number of nitrogens with zero attached hydrogens (tertiary/aromatic N) is 5. The number of aryl methyl sites for hydroxylation is 1. The van der Waals surface area contributed by atoms with E-state index in [4.69, 9.17) is 0 Å². The molecule has 0 aliphatic heterocycles. The number of pyridine rings is 2. The average Bonchev–Trinajstić information content (AvgIpc) is 3.16. The van der Waals surface area contributed by atoms with Crippen molar-refractivity contribution in [2.45, 2.75) is 32.1 Å². The molecule has 34 heavy (non-hydrogen) atoms. The second-order valence-electron chi connectivity index (χ2n) is 8.59. The smallest absolute Gasteiger partial charge is 0.293 e. The summed E-state index contributed by atoms with van der Waals surface area (Å²) in [5.41, 5.74) is 5.49. The van der Waals surface area contributed by atoms with E-state index in [1.807, 2.05) is 68.6 Å². The maximum atomic E-state index is 13.4. The lowest BCUT2D eigenvalue weighted by atomic mass is 9.77. The molecule has 0 bridgehead atoms. The number of hydrogen-bond donors (Lipinski definition) is 0. The van der Waals surface area contributed by atoms with E-state index in [1.54, 1.807) is 28.6 Å². The first-order valence-corrected chi connectivity index (χ1v) is 11.5. The van der Waals surface area contributed by atoms with Crippen LogP contribution in [-0.4, -0.2) is 19.1 Å². The first-order chi connectivity index (χ1) is 16.5. The molecule has 0 atom stereocenters. The quantitative estimate of drug-likeness (QED) is 0.355. The van der Waals surface area contributed by atoms with E-state index in [2.05, 4.69) is 22.1 Å². The molecular formula is C28H25N5O. The van der Waals surface area contributed by atoms with Crippen molar-refractivity contribution < 1.29 is 0 Å². The van der Waals surface area contributed by atoms with Crippen LogP contribution < -0.4 is 5.69 Å². The van der Waals surface area contributed by atoms with Gasteiger partial charge in [-0.1, -0.05) is 38.1 Å². The van der Waals surface area contributed by atoms with Gasteiger partial charge in [0.25, 0.3) is 0 Å². The van der Waals surface area contributed by atoms with E-state index in [0.717, 1.165) is 57.2 Å². The van der Waals surface area contributed by atoms with Crippen molar-refractivity contribution in [2.24, 2.45) is 7.05 Å². The maximum Gasteiger partial charge on any atom is 0.333 e. The molecule has 6 heteroatoms. The molecule has 0 amide bonds. The van der Waals surface area contributed by atoms with Crippen LogP contribution in [0, 0.1) is 11.3 Å². The van der Waals surface area contributed by atoms with Gasteiger partial charge in [-0.25, -0.2) is 4.79 Å². The second kappa shape index (κ2) is 8.27. The standard InChI is InChI=1S/C28H25N5O/c1-4-28(5-2,18-29)21-9-11-22(12-10-21)33-26-23-15-19(20-7-6-14-30-16-20)8-13-24(23)31-17-25(26)32(3)27(33)34/h6-17H,4-5H2,1-3H3. The predicted molar refractivity (Wildman–Crippen MR) is 135 cm³/mol. The van der Waals surface area contributed by atoms with Gasteiger partial charge in [-0.05, 0) is 54.3 Å². The second-order valence-corrected chi connectivity index (χ2v) is 8.59. The van der Waals surface area contributed by atoms with Gasteiger partial charge in [0.15, 0.2) is 0 Å². The number of nitriles is 1. The minimum atomic E-state index is -0.516. The SMILES string of the molecule is CCC(C#N)(CC)c1ccc(-n2c(=O)n(C)c3cnc4ccc(-c5cccnc5)cc4c32)cc1. The van der Waals surface area contributed by atoms with Gasteiger partial charge in [-0.2, -0.15) is 5.26 Å². The summed E-state index contributed by atoms with van der Waals surface area (Å²) in [4.78, 5) is 22.2. The molecule has 168 valence electrons. The van der Waals surface area contributed by atoms with Gasteiger partial charge in [-0.15, -0.1) is 0 Å². The van der Waals surface area contributed by atoms with Gasteiger partial charge in [0.05, 0.1) is 39.9 Å². The lowest BCUT2D eigenvalue weighted by molar-refractivity contribution is 0.511. The molecule has 0 unspecified atom stereocenters. The number of aromatic nitrogens is 4. The van der Waals surface area contributed by atoms with Crippen LogP contribution in [0.15, 0.2) is 78.0 Å². The molecule has 5 aromatic rings. The van der Waals surface area contributed by atoms with Crippen LogP contribution in [0.1, 0.15) is 32.3 Å². The Kier molecular flexibility index (Phi) is 5.25. The van der Waals surface area contributed by atoms with Crippen molar-refractivity contribution in [3.63, 3.8) is 0 Å². The average molecular weight is 448 g/mol. The highest BCUT2D eigenvalue weighted by Gasteiger charge is 2.28. The first-order valence-electron chi connectivity index (χ1n) is 11.5. The van der Waals surface area contributed by atoms with Crippen molar-refractivity contribution in [1.29, 1.82) is 5.26 Å². The van der Waals surface area contributed by atoms with Gasteiger partial charge in [0, 0.05) is 30.4 Å². The Balaban J connectivity index is 1.76. The lowest BCUT2D eigenvalue weighted by Gasteiger charge is -2.24. The van der Waals surface area contributed by atoms with Crippen LogP contribution in [0.2, 0.25) is 0 Å². The Bertz CT molecular complexity index is 1600. The molecule has 6 nitrogen and oxygen atoms in total. The molecule has 0 saturated heterocycles. The highest BCUT2D eigenvalue weighted by Crippen LogP contribution is 2.33. The van der Waals surface area contributed by atoms with E-state index >= 15 is 0 Å². The van der Waals surface area contributed by atoms with Gasteiger partial charge in [0.2, 0.25) is 0 Å². The monoisotopic (exact) mass is 447 g/mol. The van der Waals surface area contributed by atoms with E-state index in [0.29, 0.717) is 0 Å². The van der Waals surface area contributed by atoms with E-state index in [-0.39, 0.29) is 5.69 Å². The summed E-state index contributed by atoms with van der Waals surface area (Å²) in [5, 5.41) is 10.7. The topological polar surface area (TPSA) is 76.5 Å². The number of imidazole rings is 1. The van der Waals surface area contributed by atoms with Crippen LogP contribution >= 0.6 is 0 Å². The van der Waals surface area contributed by atoms with Crippen LogP contribution in [0.25, 0.3) is 38.8 Å². The minimum Gasteiger partial charge on any atom is -0.293 e. The maximum absolute atomic E-state index is 13.4. The molecule has 3 heterocycles. The van der Waals surface area contributed by atoms with E-state index in [9.17, 15) is 10.1 Å². The van der Waals surface area contributed by atoms with Crippen molar-refractivity contribution in [3.8, 4) is 22.9 Å². The molecular weight excluding hydrogens is 422 g/mol. The molecule has 0 spiro atoms. The van der Waals surface area contributed by atoms with Crippen LogP contribution in [0.3, 0.4) is 0 Å². The third kappa shape index (κ3) is 3.20. The van der Waals surface area contributed by atoms with Crippen molar-refractivity contribution in [1.82, 2.24) is 19.1 Å². The Labute approximate surface area is 197 Å². The number of benzene rings is 2.